The van der Waals surface area contributed by atoms with Gasteiger partial charge in [-0.25, -0.2) is 0 Å². The number of hydrogen-bond acceptors (Lipinski definition) is 9. The Morgan fingerprint density at radius 3 is 2.32 bits per heavy atom. The van der Waals surface area contributed by atoms with Gasteiger partial charge in [-0.05, 0) is 142 Å². The third-order valence-electron chi connectivity index (χ3n) is 12.9. The molecule has 62 heavy (non-hydrogen) atoms. The van der Waals surface area contributed by atoms with E-state index in [1.807, 2.05) is 35.2 Å². The molecule has 0 saturated carbocycles. The zero-order valence-corrected chi connectivity index (χ0v) is 36.5. The number of piperidine rings is 3. The number of benzene rings is 2. The van der Waals surface area contributed by atoms with Crippen LogP contribution in [0.5, 0.6) is 0 Å². The van der Waals surface area contributed by atoms with Crippen molar-refractivity contribution in [1.82, 2.24) is 30.3 Å². The summed E-state index contributed by atoms with van der Waals surface area (Å²) in [5.74, 6) is 0.238. The number of aromatic nitrogens is 1. The van der Waals surface area contributed by atoms with Gasteiger partial charge >= 0.3 is 0 Å². The molecular formula is C49H60N6O6S. The molecule has 2 aromatic carbocycles. The minimum Gasteiger partial charge on any atom is -0.353 e. The molecule has 5 heterocycles. The van der Waals surface area contributed by atoms with Crippen molar-refractivity contribution in [1.29, 1.82) is 0 Å². The average Bonchev–Trinajstić information content (AvgIpc) is 3.54. The van der Waals surface area contributed by atoms with Gasteiger partial charge in [-0.3, -0.25) is 44.0 Å². The van der Waals surface area contributed by atoms with Crippen molar-refractivity contribution in [2.24, 2.45) is 5.92 Å². The van der Waals surface area contributed by atoms with Crippen molar-refractivity contribution in [2.75, 3.05) is 45.0 Å². The van der Waals surface area contributed by atoms with E-state index in [1.165, 1.54) is 24.8 Å². The Hall–Kier alpha value is -5.14. The molecule has 2 N–H and O–H groups in total. The number of carbonyl (C=O) groups excluding carboxylic acids is 6. The first-order valence-corrected chi connectivity index (χ1v) is 23.7. The summed E-state index contributed by atoms with van der Waals surface area (Å²) >= 11 is 1.68. The third kappa shape index (κ3) is 12.1. The van der Waals surface area contributed by atoms with Crippen LogP contribution in [0.4, 0.5) is 0 Å². The highest BCUT2D eigenvalue weighted by molar-refractivity contribution is 7.99. The molecule has 6 amide bonds. The highest BCUT2D eigenvalue weighted by Gasteiger charge is 2.44. The van der Waals surface area contributed by atoms with Crippen LogP contribution in [0.1, 0.15) is 138 Å². The molecule has 0 radical (unpaired) electrons. The molecule has 13 heteroatoms. The van der Waals surface area contributed by atoms with Crippen molar-refractivity contribution in [3.8, 4) is 0 Å². The van der Waals surface area contributed by atoms with Crippen LogP contribution in [-0.4, -0.2) is 106 Å². The highest BCUT2D eigenvalue weighted by Crippen LogP contribution is 2.32. The molecule has 1 aromatic heterocycles. The molecule has 0 spiro atoms. The summed E-state index contributed by atoms with van der Waals surface area (Å²) in [4.78, 5) is 86.0. The fourth-order valence-electron chi connectivity index (χ4n) is 9.17. The molecule has 12 nitrogen and oxygen atoms in total. The van der Waals surface area contributed by atoms with Crippen molar-refractivity contribution in [2.45, 2.75) is 107 Å². The summed E-state index contributed by atoms with van der Waals surface area (Å²) in [6.45, 7) is 5.63. The first kappa shape index (κ1) is 44.9. The van der Waals surface area contributed by atoms with Crippen molar-refractivity contribution < 1.29 is 28.8 Å². The van der Waals surface area contributed by atoms with Crippen molar-refractivity contribution in [3.05, 3.63) is 101 Å². The molecule has 7 rings (SSSR count). The van der Waals surface area contributed by atoms with Gasteiger partial charge in [0.05, 0.1) is 11.1 Å². The van der Waals surface area contributed by atoms with Crippen LogP contribution in [0.2, 0.25) is 0 Å². The van der Waals surface area contributed by atoms with Crippen molar-refractivity contribution in [3.63, 3.8) is 0 Å². The lowest BCUT2D eigenvalue weighted by atomic mass is 9.88. The minimum atomic E-state index is -0.947. The van der Waals surface area contributed by atoms with Gasteiger partial charge in [-0.1, -0.05) is 50.3 Å². The fourth-order valence-corrected chi connectivity index (χ4v) is 10.1. The number of amides is 6. The number of unbranched alkanes of at least 4 members (excludes halogenated alkanes) is 5. The van der Waals surface area contributed by atoms with Gasteiger partial charge in [0.2, 0.25) is 17.7 Å². The van der Waals surface area contributed by atoms with Gasteiger partial charge in [0.15, 0.2) is 0 Å². The first-order valence-electron chi connectivity index (χ1n) is 22.7. The Kier molecular flexibility index (Phi) is 16.1. The van der Waals surface area contributed by atoms with Crippen LogP contribution in [0.15, 0.2) is 78.0 Å². The first-order chi connectivity index (χ1) is 30.2. The quantitative estimate of drug-likeness (QED) is 0.0550. The van der Waals surface area contributed by atoms with E-state index in [2.05, 4.69) is 32.7 Å². The predicted octanol–water partition coefficient (Wildman–Crippen LogP) is 7.26. The maximum absolute atomic E-state index is 13.4. The smallest absolute Gasteiger partial charge is 0.262 e. The van der Waals surface area contributed by atoms with Crippen LogP contribution in [0.25, 0.3) is 6.08 Å². The molecular weight excluding hydrogens is 801 g/mol. The fraction of sp³-hybridized carbons (Fsp3) is 0.490. The van der Waals surface area contributed by atoms with Gasteiger partial charge in [-0.2, -0.15) is 0 Å². The van der Waals surface area contributed by atoms with E-state index in [4.69, 9.17) is 0 Å². The summed E-state index contributed by atoms with van der Waals surface area (Å²) in [6.07, 6.45) is 20.3. The standard InChI is InChI=1S/C49H60N6O6S/c56-44(19-11-36-10-8-25-50-34-36)51-26-5-4-9-35-21-30-54(31-22-35)47(59)39-14-12-37(13-15-39)38-23-28-53(29-24-38)27-6-2-1-3-7-32-62-40-16-17-41-42(33-40)49(61)55(48(41)60)43-18-20-45(57)52-46(43)58/h8,10-17,19,25,33-35,38,43H,1-7,9,18,20-24,26-32H2,(H,51,56)(H,52,57,58)/b19-11+. The minimum absolute atomic E-state index is 0.0818. The second kappa shape index (κ2) is 22.3. The van der Waals surface area contributed by atoms with Gasteiger partial charge in [0.1, 0.15) is 6.04 Å². The van der Waals surface area contributed by atoms with Crippen LogP contribution >= 0.6 is 11.8 Å². The van der Waals surface area contributed by atoms with E-state index >= 15 is 0 Å². The molecule has 4 aliphatic rings. The number of pyridine rings is 1. The van der Waals surface area contributed by atoms with Gasteiger partial charge in [0.25, 0.3) is 17.7 Å². The lowest BCUT2D eigenvalue weighted by molar-refractivity contribution is -0.136. The van der Waals surface area contributed by atoms with E-state index in [0.717, 1.165) is 117 Å². The number of thioether (sulfide) groups is 1. The molecule has 1 unspecified atom stereocenters. The molecule has 4 aliphatic heterocycles. The van der Waals surface area contributed by atoms with Crippen LogP contribution < -0.4 is 10.6 Å². The maximum atomic E-state index is 13.4. The zero-order valence-electron chi connectivity index (χ0n) is 35.7. The molecule has 0 aliphatic carbocycles. The predicted molar refractivity (Wildman–Crippen MR) is 241 cm³/mol. The number of likely N-dealkylation sites (tertiary alicyclic amines) is 2. The Bertz CT molecular complexity index is 2080. The Labute approximate surface area is 369 Å². The normalized spacial score (nSPS) is 19.0. The summed E-state index contributed by atoms with van der Waals surface area (Å²) in [7, 11) is 0. The lowest BCUT2D eigenvalue weighted by Crippen LogP contribution is -2.54. The summed E-state index contributed by atoms with van der Waals surface area (Å²) in [5, 5.41) is 5.20. The SMILES string of the molecule is O=C(/C=C/c1cccnc1)NCCCCC1CCN(C(=O)c2ccc(C3CCN(CCCCCCCSc4ccc5c(c4)C(=O)N(C4CCC(=O)NC4=O)C5=O)CC3)cc2)CC1. The number of imide groups is 2. The molecule has 3 aromatic rings. The van der Waals surface area contributed by atoms with E-state index in [9.17, 15) is 28.8 Å². The number of hydrogen-bond donors (Lipinski definition) is 2. The monoisotopic (exact) mass is 860 g/mol. The van der Waals surface area contributed by atoms with Gasteiger partial charge in [0, 0.05) is 55.0 Å². The number of nitrogens with zero attached hydrogens (tertiary/aromatic N) is 4. The Balaban J connectivity index is 0.709. The zero-order chi connectivity index (χ0) is 43.3. The number of carbonyl (C=O) groups is 6. The number of nitrogens with one attached hydrogen (secondary N) is 2. The van der Waals surface area contributed by atoms with E-state index in [1.54, 1.807) is 48.4 Å². The Morgan fingerprint density at radius 1 is 0.806 bits per heavy atom. The van der Waals surface area contributed by atoms with Crippen LogP contribution in [-0.2, 0) is 14.4 Å². The molecule has 1 atom stereocenters. The van der Waals surface area contributed by atoms with E-state index in [-0.39, 0.29) is 30.6 Å². The van der Waals surface area contributed by atoms with E-state index in [0.29, 0.717) is 29.5 Å². The number of rotatable bonds is 19. The molecule has 3 saturated heterocycles. The maximum Gasteiger partial charge on any atom is 0.262 e. The number of fused-ring (bicyclic) bond motifs is 1. The third-order valence-corrected chi connectivity index (χ3v) is 13.9. The second-order valence-corrected chi connectivity index (χ2v) is 18.3. The van der Waals surface area contributed by atoms with Crippen LogP contribution in [0, 0.1) is 5.92 Å². The van der Waals surface area contributed by atoms with E-state index < -0.39 is 23.8 Å². The van der Waals surface area contributed by atoms with Gasteiger partial charge < -0.3 is 15.1 Å². The summed E-state index contributed by atoms with van der Waals surface area (Å²) in [6, 6.07) is 16.5. The summed E-state index contributed by atoms with van der Waals surface area (Å²) < 4.78 is 0. The molecule has 0 bridgehead atoms. The van der Waals surface area contributed by atoms with Gasteiger partial charge in [-0.15, -0.1) is 11.8 Å². The molecule has 328 valence electrons. The van der Waals surface area contributed by atoms with Crippen LogP contribution in [0.3, 0.4) is 0 Å². The Morgan fingerprint density at radius 2 is 1.56 bits per heavy atom. The average molecular weight is 861 g/mol. The highest BCUT2D eigenvalue weighted by atomic mass is 32.2. The topological polar surface area (TPSA) is 149 Å². The largest absolute Gasteiger partial charge is 0.353 e. The van der Waals surface area contributed by atoms with Crippen molar-refractivity contribution >= 4 is 53.3 Å². The second-order valence-electron chi connectivity index (χ2n) is 17.2. The molecule has 3 fully saturated rings. The lowest BCUT2D eigenvalue weighted by Gasteiger charge is -2.33. The summed E-state index contributed by atoms with van der Waals surface area (Å²) in [5.41, 5.74) is 3.68.